The van der Waals surface area contributed by atoms with Gasteiger partial charge in [-0.05, 0) is 51.5 Å². The number of anilines is 2. The fraction of sp³-hybridized carbons (Fsp3) is 0.533. The Morgan fingerprint density at radius 1 is 1.26 bits per heavy atom. The molecule has 19 heavy (non-hydrogen) atoms. The van der Waals surface area contributed by atoms with Crippen molar-refractivity contribution < 1.29 is 9.53 Å². The van der Waals surface area contributed by atoms with Gasteiger partial charge >= 0.3 is 5.97 Å². The van der Waals surface area contributed by atoms with E-state index < -0.39 is 5.60 Å². The molecule has 0 amide bonds. The molecule has 0 aromatic heterocycles. The van der Waals surface area contributed by atoms with Gasteiger partial charge in [-0.2, -0.15) is 0 Å². The lowest BCUT2D eigenvalue weighted by atomic mass is 10.2. The fourth-order valence-electron chi connectivity index (χ4n) is 1.71. The van der Waals surface area contributed by atoms with Crippen molar-refractivity contribution in [3.63, 3.8) is 0 Å². The molecule has 0 aliphatic rings. The molecule has 0 spiro atoms. The Balaban J connectivity index is 2.33. The maximum Gasteiger partial charge on any atom is 0.306 e. The van der Waals surface area contributed by atoms with Crippen LogP contribution in [-0.4, -0.2) is 25.2 Å². The van der Waals surface area contributed by atoms with Crippen molar-refractivity contribution in [2.75, 3.05) is 24.2 Å². The largest absolute Gasteiger partial charge is 0.460 e. The normalized spacial score (nSPS) is 11.2. The van der Waals surface area contributed by atoms with E-state index in [2.05, 4.69) is 4.90 Å². The van der Waals surface area contributed by atoms with Gasteiger partial charge in [0, 0.05) is 31.4 Å². The van der Waals surface area contributed by atoms with E-state index in [0.29, 0.717) is 6.42 Å². The molecule has 0 atom stereocenters. The first-order valence-corrected chi connectivity index (χ1v) is 6.56. The highest BCUT2D eigenvalue weighted by Gasteiger charge is 2.15. The van der Waals surface area contributed by atoms with Gasteiger partial charge in [0.25, 0.3) is 0 Å². The number of benzene rings is 1. The Hall–Kier alpha value is -1.71. The number of carbonyl (C=O) groups is 1. The molecule has 0 unspecified atom stereocenters. The molecule has 0 heterocycles. The van der Waals surface area contributed by atoms with Gasteiger partial charge in [-0.1, -0.05) is 0 Å². The molecule has 1 aromatic carbocycles. The van der Waals surface area contributed by atoms with Crippen molar-refractivity contribution in [3.8, 4) is 0 Å². The Labute approximate surface area is 115 Å². The molecule has 0 fully saturated rings. The monoisotopic (exact) mass is 264 g/mol. The molecule has 4 nitrogen and oxygen atoms in total. The number of nitrogen functional groups attached to an aromatic ring is 1. The standard InChI is InChI=1S/C15H24N2O2/c1-15(2,3)19-14(18)6-5-11-17(4)13-9-7-12(16)8-10-13/h7-10H,5-6,11,16H2,1-4H3. The smallest absolute Gasteiger partial charge is 0.306 e. The lowest BCUT2D eigenvalue weighted by molar-refractivity contribution is -0.154. The zero-order valence-electron chi connectivity index (χ0n) is 12.3. The lowest BCUT2D eigenvalue weighted by Gasteiger charge is -2.21. The molecule has 106 valence electrons. The highest BCUT2D eigenvalue weighted by Crippen LogP contribution is 2.15. The van der Waals surface area contributed by atoms with E-state index in [1.165, 1.54) is 0 Å². The first-order valence-electron chi connectivity index (χ1n) is 6.56. The minimum absolute atomic E-state index is 0.141. The van der Waals surface area contributed by atoms with E-state index in [1.54, 1.807) is 0 Å². The molecule has 4 heteroatoms. The molecule has 1 aromatic rings. The molecule has 2 N–H and O–H groups in total. The SMILES string of the molecule is CN(CCCC(=O)OC(C)(C)C)c1ccc(N)cc1. The van der Waals surface area contributed by atoms with Crippen LogP contribution >= 0.6 is 0 Å². The quantitative estimate of drug-likeness (QED) is 0.656. The minimum atomic E-state index is -0.403. The maximum atomic E-state index is 11.6. The van der Waals surface area contributed by atoms with Crippen molar-refractivity contribution in [1.29, 1.82) is 0 Å². The van der Waals surface area contributed by atoms with Gasteiger partial charge in [0.15, 0.2) is 0 Å². The van der Waals surface area contributed by atoms with Crippen molar-refractivity contribution >= 4 is 17.3 Å². The van der Waals surface area contributed by atoms with E-state index in [1.807, 2.05) is 52.1 Å². The molecule has 0 saturated carbocycles. The van der Waals surface area contributed by atoms with Crippen LogP contribution in [0.15, 0.2) is 24.3 Å². The Kier molecular flexibility index (Phi) is 5.21. The Bertz CT molecular complexity index is 407. The second-order valence-corrected chi connectivity index (χ2v) is 5.70. The van der Waals surface area contributed by atoms with Gasteiger partial charge in [-0.15, -0.1) is 0 Å². The maximum absolute atomic E-state index is 11.6. The van der Waals surface area contributed by atoms with Gasteiger partial charge in [0.05, 0.1) is 0 Å². The van der Waals surface area contributed by atoms with Gasteiger partial charge in [-0.3, -0.25) is 4.79 Å². The number of ether oxygens (including phenoxy) is 1. The number of rotatable bonds is 5. The molecular weight excluding hydrogens is 240 g/mol. The molecular formula is C15H24N2O2. The summed E-state index contributed by atoms with van der Waals surface area (Å²) in [6.07, 6.45) is 1.21. The fourth-order valence-corrected chi connectivity index (χ4v) is 1.71. The molecule has 0 radical (unpaired) electrons. The summed E-state index contributed by atoms with van der Waals surface area (Å²) < 4.78 is 5.27. The average molecular weight is 264 g/mol. The summed E-state index contributed by atoms with van der Waals surface area (Å²) in [4.78, 5) is 13.7. The van der Waals surface area contributed by atoms with Crippen LogP contribution in [0.25, 0.3) is 0 Å². The summed E-state index contributed by atoms with van der Waals surface area (Å²) in [7, 11) is 2.00. The van der Waals surface area contributed by atoms with E-state index in [0.717, 1.165) is 24.3 Å². The second-order valence-electron chi connectivity index (χ2n) is 5.70. The third-order valence-electron chi connectivity index (χ3n) is 2.63. The van der Waals surface area contributed by atoms with Crippen LogP contribution in [0.2, 0.25) is 0 Å². The second kappa shape index (κ2) is 6.45. The first kappa shape index (κ1) is 15.3. The number of esters is 1. The average Bonchev–Trinajstić information content (AvgIpc) is 2.27. The minimum Gasteiger partial charge on any atom is -0.460 e. The summed E-state index contributed by atoms with van der Waals surface area (Å²) in [5, 5.41) is 0. The van der Waals surface area contributed by atoms with Crippen LogP contribution in [0.4, 0.5) is 11.4 Å². The van der Waals surface area contributed by atoms with Crippen LogP contribution < -0.4 is 10.6 Å². The van der Waals surface area contributed by atoms with Crippen LogP contribution in [-0.2, 0) is 9.53 Å². The Morgan fingerprint density at radius 3 is 2.37 bits per heavy atom. The van der Waals surface area contributed by atoms with Crippen molar-refractivity contribution in [1.82, 2.24) is 0 Å². The van der Waals surface area contributed by atoms with Gasteiger partial charge in [0.1, 0.15) is 5.60 Å². The third kappa shape index (κ3) is 6.13. The van der Waals surface area contributed by atoms with Crippen molar-refractivity contribution in [2.24, 2.45) is 0 Å². The van der Waals surface area contributed by atoms with Gasteiger partial charge in [0.2, 0.25) is 0 Å². The Morgan fingerprint density at radius 2 is 1.84 bits per heavy atom. The van der Waals surface area contributed by atoms with E-state index in [9.17, 15) is 4.79 Å². The summed E-state index contributed by atoms with van der Waals surface area (Å²) in [6, 6.07) is 7.70. The van der Waals surface area contributed by atoms with Crippen molar-refractivity contribution in [3.05, 3.63) is 24.3 Å². The van der Waals surface area contributed by atoms with E-state index in [4.69, 9.17) is 10.5 Å². The first-order chi connectivity index (χ1) is 8.78. The number of nitrogens with two attached hydrogens (primary N) is 1. The third-order valence-corrected chi connectivity index (χ3v) is 2.63. The van der Waals surface area contributed by atoms with Crippen LogP contribution in [0, 0.1) is 0 Å². The van der Waals surface area contributed by atoms with E-state index >= 15 is 0 Å². The molecule has 0 aliphatic heterocycles. The summed E-state index contributed by atoms with van der Waals surface area (Å²) >= 11 is 0. The highest BCUT2D eigenvalue weighted by atomic mass is 16.6. The molecule has 0 bridgehead atoms. The zero-order chi connectivity index (χ0) is 14.5. The predicted molar refractivity (Wildman–Crippen MR) is 79.2 cm³/mol. The van der Waals surface area contributed by atoms with Crippen LogP contribution in [0.5, 0.6) is 0 Å². The molecule has 0 saturated heterocycles. The summed E-state index contributed by atoms with van der Waals surface area (Å²) in [6.45, 7) is 6.45. The highest BCUT2D eigenvalue weighted by molar-refractivity contribution is 5.69. The topological polar surface area (TPSA) is 55.6 Å². The summed E-state index contributed by atoms with van der Waals surface area (Å²) in [5.41, 5.74) is 7.09. The number of hydrogen-bond acceptors (Lipinski definition) is 4. The van der Waals surface area contributed by atoms with Crippen LogP contribution in [0.3, 0.4) is 0 Å². The van der Waals surface area contributed by atoms with Crippen LogP contribution in [0.1, 0.15) is 33.6 Å². The number of nitrogens with zero attached hydrogens (tertiary/aromatic N) is 1. The van der Waals surface area contributed by atoms with E-state index in [-0.39, 0.29) is 5.97 Å². The zero-order valence-corrected chi connectivity index (χ0v) is 12.3. The molecule has 0 aliphatic carbocycles. The summed E-state index contributed by atoms with van der Waals surface area (Å²) in [5.74, 6) is -0.141. The predicted octanol–water partition coefficient (Wildman–Crippen LogP) is 2.83. The molecule has 1 rings (SSSR count). The van der Waals surface area contributed by atoms with Crippen molar-refractivity contribution in [2.45, 2.75) is 39.2 Å². The number of carbonyl (C=O) groups excluding carboxylic acids is 1. The number of hydrogen-bond donors (Lipinski definition) is 1. The van der Waals surface area contributed by atoms with Gasteiger partial charge < -0.3 is 15.4 Å². The van der Waals surface area contributed by atoms with Gasteiger partial charge in [-0.25, -0.2) is 0 Å². The lowest BCUT2D eigenvalue weighted by Crippen LogP contribution is -2.25.